The molecule has 0 bridgehead atoms. The normalized spacial score (nSPS) is 42.1. The molecular weight excluding hydrogens is 235 g/mol. The monoisotopic (exact) mass is 265 g/mol. The number of ether oxygens (including phenoxy) is 2. The summed E-state index contributed by atoms with van der Waals surface area (Å²) in [5, 5.41) is 0. The third-order valence-corrected chi connectivity index (χ3v) is 4.60. The Balaban J connectivity index is 2.57. The molecule has 6 atom stereocenters. The molecule has 3 nitrogen and oxygen atoms in total. The topological polar surface area (TPSA) is 27.7 Å². The molecule has 1 fully saturated rings. The molecule has 0 aromatic rings. The third kappa shape index (κ3) is 4.17. The second-order valence-electron chi connectivity index (χ2n) is 5.23. The van der Waals surface area contributed by atoms with Crippen LogP contribution in [0.3, 0.4) is 0 Å². The summed E-state index contributed by atoms with van der Waals surface area (Å²) in [6.45, 7) is 11.7. The molecule has 4 heteroatoms. The maximum Gasteiger partial charge on any atom is 0.0845 e. The van der Waals surface area contributed by atoms with Gasteiger partial charge in [0.2, 0.25) is 0 Å². The van der Waals surface area contributed by atoms with Gasteiger partial charge in [-0.3, -0.25) is 0 Å². The van der Waals surface area contributed by atoms with Crippen LogP contribution in [0.2, 0.25) is 0 Å². The molecule has 0 radical (unpaired) electrons. The van der Waals surface area contributed by atoms with E-state index in [1.807, 2.05) is 0 Å². The molecule has 0 aromatic heterocycles. The molecule has 1 saturated heterocycles. The number of rotatable bonds is 5. The lowest BCUT2D eigenvalue weighted by Crippen LogP contribution is -2.48. The van der Waals surface area contributed by atoms with Crippen LogP contribution < -0.4 is 0 Å². The smallest absolute Gasteiger partial charge is 0.0845 e. The number of hydrogen-bond donors (Lipinski definition) is 0. The SMILES string of the molecule is [2H]C([3H])OC[C@H]1O[C@@H](COP(C)C)[C@H](C)[C@@H](C)[C@H]1C. The summed E-state index contributed by atoms with van der Waals surface area (Å²) >= 11 is 0. The molecular formula is C13H27O3P. The summed E-state index contributed by atoms with van der Waals surface area (Å²) in [6.07, 6.45) is 0.0394. The molecule has 1 aliphatic heterocycles. The molecule has 0 saturated carbocycles. The standard InChI is InChI=1S/C13H27O3P/c1-9-10(2)12(7-14-4)16-13(11(9)3)8-15-17(5)6/h9-13H,7-8H2,1-6H3/t9-,10+,11+,12+,13-/m0/s1/i4TD/t4?,9-,10+,11+,12+,13-. The summed E-state index contributed by atoms with van der Waals surface area (Å²) in [7, 11) is -1.61. The quantitative estimate of drug-likeness (QED) is 0.715. The summed E-state index contributed by atoms with van der Waals surface area (Å²) in [6, 6.07) is 0. The van der Waals surface area contributed by atoms with Gasteiger partial charge in [-0.15, -0.1) is 0 Å². The van der Waals surface area contributed by atoms with Crippen molar-refractivity contribution in [2.24, 2.45) is 17.8 Å². The van der Waals surface area contributed by atoms with Crippen molar-refractivity contribution < 1.29 is 16.7 Å². The van der Waals surface area contributed by atoms with Gasteiger partial charge in [0.25, 0.3) is 0 Å². The largest absolute Gasteiger partial charge is 0.382 e. The van der Waals surface area contributed by atoms with E-state index in [4.69, 9.17) is 16.7 Å². The van der Waals surface area contributed by atoms with E-state index in [-0.39, 0.29) is 20.4 Å². The van der Waals surface area contributed by atoms with Crippen molar-refractivity contribution in [3.8, 4) is 0 Å². The second-order valence-corrected chi connectivity index (χ2v) is 7.11. The Morgan fingerprint density at radius 2 is 1.76 bits per heavy atom. The highest BCUT2D eigenvalue weighted by atomic mass is 31.1. The summed E-state index contributed by atoms with van der Waals surface area (Å²) < 4.78 is 31.1. The molecule has 1 rings (SSSR count). The van der Waals surface area contributed by atoms with Crippen molar-refractivity contribution in [2.75, 3.05) is 33.6 Å². The molecule has 0 aliphatic carbocycles. The minimum atomic E-state index is -1.24. The van der Waals surface area contributed by atoms with Crippen LogP contribution in [0.5, 0.6) is 0 Å². The minimum Gasteiger partial charge on any atom is -0.382 e. The highest BCUT2D eigenvalue weighted by Gasteiger charge is 2.38. The van der Waals surface area contributed by atoms with Crippen LogP contribution in [-0.2, 0) is 14.0 Å². The molecule has 0 N–H and O–H groups in total. The third-order valence-electron chi connectivity index (χ3n) is 3.94. The van der Waals surface area contributed by atoms with Gasteiger partial charge >= 0.3 is 0 Å². The lowest BCUT2D eigenvalue weighted by molar-refractivity contribution is -0.160. The first-order valence-corrected chi connectivity index (χ1v) is 8.40. The van der Waals surface area contributed by atoms with Crippen LogP contribution in [0.4, 0.5) is 0 Å². The predicted octanol–water partition coefficient (Wildman–Crippen LogP) is 2.98. The van der Waals surface area contributed by atoms with Gasteiger partial charge < -0.3 is 14.0 Å². The van der Waals surface area contributed by atoms with Crippen molar-refractivity contribution in [2.45, 2.75) is 33.0 Å². The molecule has 1 heterocycles. The highest BCUT2D eigenvalue weighted by molar-refractivity contribution is 7.50. The summed E-state index contributed by atoms with van der Waals surface area (Å²) in [5.41, 5.74) is 0. The van der Waals surface area contributed by atoms with E-state index in [0.717, 1.165) is 0 Å². The van der Waals surface area contributed by atoms with Gasteiger partial charge in [-0.1, -0.05) is 20.8 Å². The lowest BCUT2D eigenvalue weighted by Gasteiger charge is -2.43. The van der Waals surface area contributed by atoms with Crippen molar-refractivity contribution in [1.82, 2.24) is 0 Å². The fraction of sp³-hybridized carbons (Fsp3) is 1.00. The van der Waals surface area contributed by atoms with Crippen LogP contribution in [0.1, 0.15) is 23.5 Å². The zero-order valence-corrected chi connectivity index (χ0v) is 12.4. The van der Waals surface area contributed by atoms with E-state index in [2.05, 4.69) is 34.1 Å². The van der Waals surface area contributed by atoms with E-state index in [0.29, 0.717) is 31.0 Å². The Morgan fingerprint density at radius 3 is 2.29 bits per heavy atom. The molecule has 0 spiro atoms. The fourth-order valence-corrected chi connectivity index (χ4v) is 2.77. The molecule has 1 aliphatic rings. The maximum absolute atomic E-state index is 7.11. The van der Waals surface area contributed by atoms with Crippen molar-refractivity contribution in [3.63, 3.8) is 0 Å². The van der Waals surface area contributed by atoms with E-state index < -0.39 is 7.06 Å². The number of hydrogen-bond acceptors (Lipinski definition) is 3. The van der Waals surface area contributed by atoms with Crippen molar-refractivity contribution in [3.05, 3.63) is 0 Å². The Morgan fingerprint density at radius 1 is 1.18 bits per heavy atom. The van der Waals surface area contributed by atoms with Gasteiger partial charge in [0.1, 0.15) is 0 Å². The van der Waals surface area contributed by atoms with E-state index in [1.54, 1.807) is 0 Å². The fourth-order valence-electron chi connectivity index (χ4n) is 2.33. The van der Waals surface area contributed by atoms with Crippen molar-refractivity contribution in [1.29, 1.82) is 0 Å². The predicted molar refractivity (Wildman–Crippen MR) is 72.7 cm³/mol. The van der Waals surface area contributed by atoms with Gasteiger partial charge in [-0.05, 0) is 31.1 Å². The Labute approximate surface area is 110 Å². The van der Waals surface area contributed by atoms with Gasteiger partial charge in [-0.25, -0.2) is 0 Å². The molecule has 17 heavy (non-hydrogen) atoms. The minimum absolute atomic E-state index is 0.0436. The number of methoxy groups -OCH3 is 1. The van der Waals surface area contributed by atoms with Gasteiger partial charge in [0.05, 0.1) is 28.2 Å². The van der Waals surface area contributed by atoms with Gasteiger partial charge in [-0.2, -0.15) is 0 Å². The average molecular weight is 265 g/mol. The summed E-state index contributed by atoms with van der Waals surface area (Å²) in [4.78, 5) is 0. The molecule has 102 valence electrons. The van der Waals surface area contributed by atoms with Crippen molar-refractivity contribution >= 4 is 8.15 Å². The first kappa shape index (κ1) is 12.3. The van der Waals surface area contributed by atoms with Crippen LogP contribution in [0.25, 0.3) is 0 Å². The van der Waals surface area contributed by atoms with Crippen LogP contribution in [0, 0.1) is 17.8 Å². The Hall–Kier alpha value is 0.310. The summed E-state index contributed by atoms with van der Waals surface area (Å²) in [5.74, 6) is 1.34. The Bertz CT molecular complexity index is 242. The van der Waals surface area contributed by atoms with E-state index in [9.17, 15) is 0 Å². The van der Waals surface area contributed by atoms with E-state index >= 15 is 0 Å². The maximum atomic E-state index is 7.11. The Kier molecular flexibility index (Phi) is 5.11. The first-order chi connectivity index (χ1) is 8.82. The van der Waals surface area contributed by atoms with Crippen LogP contribution >= 0.6 is 8.15 Å². The molecule has 0 amide bonds. The zero-order chi connectivity index (χ0) is 14.6. The van der Waals surface area contributed by atoms with E-state index in [1.165, 1.54) is 0 Å². The van der Waals surface area contributed by atoms with Gasteiger partial charge in [0, 0.05) is 15.2 Å². The first-order valence-electron chi connectivity index (χ1n) is 7.40. The van der Waals surface area contributed by atoms with Crippen LogP contribution in [-0.4, -0.2) is 45.8 Å². The molecule has 0 aromatic carbocycles. The lowest BCUT2D eigenvalue weighted by atomic mass is 9.77. The molecule has 1 unspecified atom stereocenters. The zero-order valence-electron chi connectivity index (χ0n) is 13.6. The van der Waals surface area contributed by atoms with Crippen LogP contribution in [0.15, 0.2) is 0 Å². The second kappa shape index (κ2) is 7.04. The highest BCUT2D eigenvalue weighted by Crippen LogP contribution is 2.37. The van der Waals surface area contributed by atoms with Gasteiger partial charge in [0.15, 0.2) is 0 Å². The average Bonchev–Trinajstić information content (AvgIpc) is 2.33.